The Labute approximate surface area is 198 Å². The van der Waals surface area contributed by atoms with Gasteiger partial charge in [-0.3, -0.25) is 9.67 Å². The number of nitrogens with zero attached hydrogens (tertiary/aromatic N) is 6. The predicted molar refractivity (Wildman–Crippen MR) is 122 cm³/mol. The number of hydrogen-bond donors (Lipinski definition) is 1. The molecule has 0 aliphatic heterocycles. The van der Waals surface area contributed by atoms with E-state index in [1.54, 1.807) is 35.3 Å². The molecule has 0 amide bonds. The Morgan fingerprint density at radius 2 is 1.91 bits per heavy atom. The Morgan fingerprint density at radius 1 is 1.12 bits per heavy atom. The van der Waals surface area contributed by atoms with Gasteiger partial charge in [0.15, 0.2) is 11.6 Å². The molecule has 1 aromatic carbocycles. The molecule has 0 bridgehead atoms. The van der Waals surface area contributed by atoms with E-state index in [0.717, 1.165) is 19.2 Å². The number of pyridine rings is 1. The lowest BCUT2D eigenvalue weighted by atomic mass is 10.0. The van der Waals surface area contributed by atoms with Gasteiger partial charge in [0, 0.05) is 29.2 Å². The fourth-order valence-electron chi connectivity index (χ4n) is 4.21. The van der Waals surface area contributed by atoms with Gasteiger partial charge in [-0.2, -0.15) is 23.7 Å². The zero-order valence-electron chi connectivity index (χ0n) is 18.1. The van der Waals surface area contributed by atoms with Gasteiger partial charge < -0.3 is 5.73 Å². The third kappa shape index (κ3) is 4.13. The first-order chi connectivity index (χ1) is 16.3. The molecule has 2 N–H and O–H groups in total. The van der Waals surface area contributed by atoms with Crippen LogP contribution >= 0.6 is 11.6 Å². The van der Waals surface area contributed by atoms with E-state index in [9.17, 15) is 13.2 Å². The van der Waals surface area contributed by atoms with Gasteiger partial charge >= 0.3 is 6.55 Å². The number of nitrogens with two attached hydrogens (primary N) is 1. The van der Waals surface area contributed by atoms with Crippen molar-refractivity contribution in [3.05, 3.63) is 65.7 Å². The maximum atomic E-state index is 14.6. The molecule has 3 aromatic heterocycles. The smallest absolute Gasteiger partial charge is 0.335 e. The molecule has 0 radical (unpaired) electrons. The Bertz CT molecular complexity index is 1320. The number of benzene rings is 1. The van der Waals surface area contributed by atoms with Crippen LogP contribution in [-0.4, -0.2) is 29.5 Å². The highest BCUT2D eigenvalue weighted by atomic mass is 35.5. The lowest BCUT2D eigenvalue weighted by Crippen LogP contribution is -2.14. The van der Waals surface area contributed by atoms with Crippen molar-refractivity contribution in [1.82, 2.24) is 29.5 Å². The van der Waals surface area contributed by atoms with Crippen LogP contribution in [0.2, 0.25) is 5.02 Å². The van der Waals surface area contributed by atoms with E-state index in [0.29, 0.717) is 33.3 Å². The Balaban J connectivity index is 1.49. The van der Waals surface area contributed by atoms with Crippen molar-refractivity contribution in [1.29, 1.82) is 0 Å². The highest BCUT2D eigenvalue weighted by molar-refractivity contribution is 6.31. The quantitative estimate of drug-likeness (QED) is 0.342. The Kier molecular flexibility index (Phi) is 5.76. The molecule has 34 heavy (non-hydrogen) atoms. The molecule has 1 fully saturated rings. The minimum absolute atomic E-state index is 0.0189. The lowest BCUT2D eigenvalue weighted by Gasteiger charge is -2.18. The van der Waals surface area contributed by atoms with Crippen molar-refractivity contribution >= 4 is 17.3 Å². The van der Waals surface area contributed by atoms with Crippen LogP contribution in [0.3, 0.4) is 0 Å². The summed E-state index contributed by atoms with van der Waals surface area (Å²) in [6.45, 7) is -0.625. The van der Waals surface area contributed by atoms with Crippen molar-refractivity contribution < 1.29 is 13.2 Å². The Hall–Kier alpha value is -3.40. The van der Waals surface area contributed by atoms with E-state index in [4.69, 9.17) is 17.3 Å². The summed E-state index contributed by atoms with van der Waals surface area (Å²) in [6.07, 6.45) is 7.69. The zero-order valence-corrected chi connectivity index (χ0v) is 18.9. The number of halogens is 4. The molecule has 11 heteroatoms. The fourth-order valence-corrected chi connectivity index (χ4v) is 4.37. The van der Waals surface area contributed by atoms with E-state index < -0.39 is 12.4 Å². The van der Waals surface area contributed by atoms with Crippen LogP contribution in [0.5, 0.6) is 0 Å². The van der Waals surface area contributed by atoms with Crippen LogP contribution in [0.25, 0.3) is 22.5 Å². The standard InChI is InChI=1S/C23H21ClF3N7/c1-12-6-14(12)7-19(33-10-15(9-31-33)22-30-11-32-34(22)23(26)27)18-5-2-13(8-29-18)20-17(28)4-3-16(24)21(20)25/h2-5,8-12,14,19,23H,6-7,28H2,1H3. The molecule has 3 heterocycles. The first-order valence-corrected chi connectivity index (χ1v) is 11.1. The highest BCUT2D eigenvalue weighted by Gasteiger charge is 2.36. The van der Waals surface area contributed by atoms with Gasteiger partial charge in [0.1, 0.15) is 6.33 Å². The minimum Gasteiger partial charge on any atom is -0.398 e. The second kappa shape index (κ2) is 8.75. The van der Waals surface area contributed by atoms with Crippen molar-refractivity contribution in [2.24, 2.45) is 11.8 Å². The molecule has 1 aliphatic carbocycles. The van der Waals surface area contributed by atoms with Crippen LogP contribution in [0.15, 0.2) is 49.2 Å². The topological polar surface area (TPSA) is 87.4 Å². The maximum Gasteiger partial charge on any atom is 0.335 e. The third-order valence-corrected chi connectivity index (χ3v) is 6.57. The number of aromatic nitrogens is 6. The normalized spacial score (nSPS) is 18.4. The summed E-state index contributed by atoms with van der Waals surface area (Å²) in [4.78, 5) is 8.54. The van der Waals surface area contributed by atoms with Gasteiger partial charge in [-0.05, 0) is 42.9 Å². The summed E-state index contributed by atoms with van der Waals surface area (Å²) in [5.74, 6) is 0.540. The maximum absolute atomic E-state index is 14.6. The summed E-state index contributed by atoms with van der Waals surface area (Å²) in [7, 11) is 0. The SMILES string of the molecule is CC1CC1CC(c1ccc(-c2c(N)ccc(Cl)c2F)cn1)n1cc(-c2ncnn2C(F)F)cn1. The van der Waals surface area contributed by atoms with E-state index in [-0.39, 0.29) is 28.1 Å². The van der Waals surface area contributed by atoms with E-state index in [2.05, 4.69) is 27.1 Å². The van der Waals surface area contributed by atoms with Crippen molar-refractivity contribution in [3.8, 4) is 22.5 Å². The molecule has 176 valence electrons. The molecular weight excluding hydrogens is 467 g/mol. The highest BCUT2D eigenvalue weighted by Crippen LogP contribution is 2.45. The van der Waals surface area contributed by atoms with E-state index >= 15 is 0 Å². The fraction of sp³-hybridized carbons (Fsp3) is 0.304. The van der Waals surface area contributed by atoms with E-state index in [1.807, 2.05) is 0 Å². The minimum atomic E-state index is -2.81. The molecular formula is C23H21ClF3N7. The second-order valence-corrected chi connectivity index (χ2v) is 8.94. The molecule has 1 saturated carbocycles. The van der Waals surface area contributed by atoms with Crippen LogP contribution in [0.1, 0.15) is 38.1 Å². The number of anilines is 1. The third-order valence-electron chi connectivity index (χ3n) is 6.28. The van der Waals surface area contributed by atoms with Gasteiger partial charge in [0.05, 0.1) is 28.5 Å². The van der Waals surface area contributed by atoms with Gasteiger partial charge in [-0.15, -0.1) is 0 Å². The van der Waals surface area contributed by atoms with Crippen LogP contribution in [0, 0.1) is 17.7 Å². The first-order valence-electron chi connectivity index (χ1n) is 10.8. The number of hydrogen-bond acceptors (Lipinski definition) is 5. The van der Waals surface area contributed by atoms with Gasteiger partial charge in [-0.1, -0.05) is 24.6 Å². The number of alkyl halides is 2. The summed E-state index contributed by atoms with van der Waals surface area (Å²) in [6, 6.07) is 6.27. The van der Waals surface area contributed by atoms with Gasteiger partial charge in [0.2, 0.25) is 0 Å². The molecule has 3 atom stereocenters. The summed E-state index contributed by atoms with van der Waals surface area (Å²) in [5.41, 5.74) is 8.09. The van der Waals surface area contributed by atoms with Crippen LogP contribution in [0.4, 0.5) is 18.9 Å². The van der Waals surface area contributed by atoms with Crippen molar-refractivity contribution in [3.63, 3.8) is 0 Å². The Morgan fingerprint density at radius 3 is 2.59 bits per heavy atom. The summed E-state index contributed by atoms with van der Waals surface area (Å²) in [5, 5.41) is 8.00. The molecule has 5 rings (SSSR count). The van der Waals surface area contributed by atoms with Crippen LogP contribution in [-0.2, 0) is 0 Å². The number of rotatable bonds is 7. The molecule has 7 nitrogen and oxygen atoms in total. The molecule has 1 aliphatic rings. The van der Waals surface area contributed by atoms with Crippen molar-refractivity contribution in [2.75, 3.05) is 5.73 Å². The largest absolute Gasteiger partial charge is 0.398 e. The van der Waals surface area contributed by atoms with Gasteiger partial charge in [-0.25, -0.2) is 9.37 Å². The summed E-state index contributed by atoms with van der Waals surface area (Å²) < 4.78 is 43.3. The first kappa shape index (κ1) is 22.4. The summed E-state index contributed by atoms with van der Waals surface area (Å²) >= 11 is 5.93. The van der Waals surface area contributed by atoms with Gasteiger partial charge in [0.25, 0.3) is 0 Å². The zero-order chi connectivity index (χ0) is 24.0. The van der Waals surface area contributed by atoms with Crippen LogP contribution < -0.4 is 5.73 Å². The number of nitrogen functional groups attached to an aromatic ring is 1. The average Bonchev–Trinajstić information content (AvgIpc) is 3.22. The molecule has 0 saturated heterocycles. The molecule has 0 spiro atoms. The monoisotopic (exact) mass is 487 g/mol. The average molecular weight is 488 g/mol. The van der Waals surface area contributed by atoms with Crippen molar-refractivity contribution in [2.45, 2.75) is 32.4 Å². The van der Waals surface area contributed by atoms with E-state index in [1.165, 1.54) is 12.3 Å². The second-order valence-electron chi connectivity index (χ2n) is 8.54. The molecule has 3 unspecified atom stereocenters. The lowest BCUT2D eigenvalue weighted by molar-refractivity contribution is 0.0582. The predicted octanol–water partition coefficient (Wildman–Crippen LogP) is 5.61. The molecule has 4 aromatic rings.